The number of hydrogen-bond acceptors (Lipinski definition) is 7. The molecule has 0 spiro atoms. The molecule has 1 aliphatic rings. The van der Waals surface area contributed by atoms with Crippen LogP contribution in [0, 0.1) is 0 Å². The van der Waals surface area contributed by atoms with Crippen molar-refractivity contribution in [2.24, 2.45) is 7.05 Å². The summed E-state index contributed by atoms with van der Waals surface area (Å²) in [6.45, 7) is 8.15. The van der Waals surface area contributed by atoms with Gasteiger partial charge in [0.15, 0.2) is 5.69 Å². The fourth-order valence-corrected chi connectivity index (χ4v) is 3.93. The molecule has 0 saturated carbocycles. The molecular weight excluding hydrogens is 472 g/mol. The summed E-state index contributed by atoms with van der Waals surface area (Å²) in [5.74, 6) is 0.417. The summed E-state index contributed by atoms with van der Waals surface area (Å²) in [6.07, 6.45) is 7.05. The van der Waals surface area contributed by atoms with Crippen LogP contribution < -0.4 is 19.9 Å². The van der Waals surface area contributed by atoms with Gasteiger partial charge in [0.25, 0.3) is 11.5 Å². The van der Waals surface area contributed by atoms with Gasteiger partial charge in [-0.2, -0.15) is 4.98 Å². The molecule has 0 saturated heterocycles. The molecule has 4 heterocycles. The predicted molar refractivity (Wildman–Crippen MR) is 134 cm³/mol. The van der Waals surface area contributed by atoms with Crippen LogP contribution >= 0.6 is 11.6 Å². The van der Waals surface area contributed by atoms with Crippen molar-refractivity contribution in [1.29, 1.82) is 0 Å². The lowest BCUT2D eigenvalue weighted by Gasteiger charge is -2.20. The Morgan fingerprint density at radius 1 is 1.11 bits per heavy atom. The van der Waals surface area contributed by atoms with Gasteiger partial charge >= 0.3 is 6.01 Å². The second-order valence-electron chi connectivity index (χ2n) is 7.99. The van der Waals surface area contributed by atoms with E-state index in [1.807, 2.05) is 44.4 Å². The van der Waals surface area contributed by atoms with Gasteiger partial charge in [0, 0.05) is 25.5 Å². The fraction of sp³-hybridized carbons (Fsp3) is 0.375. The Morgan fingerprint density at radius 2 is 1.80 bits per heavy atom. The molecule has 11 heteroatoms. The lowest BCUT2D eigenvalue weighted by Crippen LogP contribution is -2.32. The topological polar surface area (TPSA) is 104 Å². The Morgan fingerprint density at radius 3 is 2.37 bits per heavy atom. The molecule has 3 aromatic heterocycles. The van der Waals surface area contributed by atoms with Gasteiger partial charge in [-0.1, -0.05) is 23.8 Å². The van der Waals surface area contributed by atoms with E-state index in [4.69, 9.17) is 21.1 Å². The Kier molecular flexibility index (Phi) is 7.96. The van der Waals surface area contributed by atoms with Crippen molar-refractivity contribution < 1.29 is 14.3 Å². The highest BCUT2D eigenvalue weighted by Gasteiger charge is 2.38. The van der Waals surface area contributed by atoms with Crippen LogP contribution in [0.15, 0.2) is 35.4 Å². The first-order valence-electron chi connectivity index (χ1n) is 11.0. The highest BCUT2D eigenvalue weighted by molar-refractivity contribution is 6.30. The third kappa shape index (κ3) is 4.93. The molecule has 0 radical (unpaired) electrons. The minimum Gasteiger partial charge on any atom is -0.480 e. The number of hydrogen-bond donors (Lipinski definition) is 0. The summed E-state index contributed by atoms with van der Waals surface area (Å²) < 4.78 is 13.7. The van der Waals surface area contributed by atoms with Crippen molar-refractivity contribution in [3.63, 3.8) is 0 Å². The first-order valence-corrected chi connectivity index (χ1v) is 11.4. The first kappa shape index (κ1) is 26.0. The van der Waals surface area contributed by atoms with E-state index in [1.54, 1.807) is 13.2 Å². The van der Waals surface area contributed by atoms with Crippen LogP contribution in [-0.2, 0) is 13.6 Å². The average molecular weight is 501 g/mol. The van der Waals surface area contributed by atoms with Crippen LogP contribution in [0.5, 0.6) is 11.9 Å². The van der Waals surface area contributed by atoms with Crippen LogP contribution in [-0.4, -0.2) is 44.2 Å². The van der Waals surface area contributed by atoms with E-state index in [0.717, 1.165) is 0 Å². The standard InChI is InChI=1S/C20H21ClN6O4.C4H8/c1-10(2)27-14-9-26(13-6-11(21)8-25(3)18(13)28)19(29)15(14)23-16(27)12-7-22-20(31-5)24-17(12)30-4;1-3-4-2/h6-8,10H,9H2,1-5H3;3-4H,1-2H3/b;4-3-. The van der Waals surface area contributed by atoms with Crippen LogP contribution in [0.1, 0.15) is 49.9 Å². The van der Waals surface area contributed by atoms with E-state index >= 15 is 0 Å². The van der Waals surface area contributed by atoms with E-state index in [1.165, 1.54) is 35.9 Å². The zero-order chi connectivity index (χ0) is 25.9. The van der Waals surface area contributed by atoms with Crippen molar-refractivity contribution in [2.75, 3.05) is 19.1 Å². The van der Waals surface area contributed by atoms with Gasteiger partial charge in [-0.25, -0.2) is 9.97 Å². The van der Waals surface area contributed by atoms with E-state index in [9.17, 15) is 9.59 Å². The number of imidazole rings is 1. The van der Waals surface area contributed by atoms with Gasteiger partial charge in [-0.05, 0) is 33.8 Å². The predicted octanol–water partition coefficient (Wildman–Crippen LogP) is 4.03. The number of methoxy groups -OCH3 is 2. The van der Waals surface area contributed by atoms with Crippen molar-refractivity contribution in [2.45, 2.75) is 40.3 Å². The molecule has 35 heavy (non-hydrogen) atoms. The molecule has 0 unspecified atom stereocenters. The van der Waals surface area contributed by atoms with Gasteiger partial charge in [0.2, 0.25) is 5.88 Å². The highest BCUT2D eigenvalue weighted by Crippen LogP contribution is 2.36. The summed E-state index contributed by atoms with van der Waals surface area (Å²) >= 11 is 6.12. The zero-order valence-corrected chi connectivity index (χ0v) is 21.6. The van der Waals surface area contributed by atoms with Crippen molar-refractivity contribution in [1.82, 2.24) is 24.1 Å². The van der Waals surface area contributed by atoms with E-state index in [-0.39, 0.29) is 47.3 Å². The smallest absolute Gasteiger partial charge is 0.319 e. The Balaban J connectivity index is 0.000000795. The molecule has 0 N–H and O–H groups in total. The summed E-state index contributed by atoms with van der Waals surface area (Å²) in [4.78, 5) is 40.2. The lowest BCUT2D eigenvalue weighted by molar-refractivity contribution is 0.0992. The maximum atomic E-state index is 13.2. The maximum absolute atomic E-state index is 13.2. The third-order valence-corrected chi connectivity index (χ3v) is 5.59. The Hall–Kier alpha value is -3.66. The fourth-order valence-electron chi connectivity index (χ4n) is 3.68. The largest absolute Gasteiger partial charge is 0.480 e. The summed E-state index contributed by atoms with van der Waals surface area (Å²) in [5, 5.41) is 0.363. The number of nitrogens with zero attached hydrogens (tertiary/aromatic N) is 6. The molecule has 4 rings (SSSR count). The number of aryl methyl sites for hydroxylation is 1. The van der Waals surface area contributed by atoms with Gasteiger partial charge < -0.3 is 18.6 Å². The third-order valence-electron chi connectivity index (χ3n) is 5.39. The van der Waals surface area contributed by atoms with Crippen molar-refractivity contribution >= 4 is 23.2 Å². The molecule has 3 aromatic rings. The Labute approximate surface area is 208 Å². The highest BCUT2D eigenvalue weighted by atomic mass is 35.5. The number of halogens is 1. The van der Waals surface area contributed by atoms with Crippen LogP contribution in [0.3, 0.4) is 0 Å². The minimum absolute atomic E-state index is 0.0343. The molecule has 186 valence electrons. The molecule has 0 bridgehead atoms. The number of amides is 1. The Bertz CT molecular complexity index is 1320. The normalized spacial score (nSPS) is 12.7. The van der Waals surface area contributed by atoms with E-state index in [0.29, 0.717) is 22.1 Å². The van der Waals surface area contributed by atoms with Crippen molar-refractivity contribution in [3.05, 3.63) is 57.4 Å². The SMILES string of the molecule is C/C=C\C.COc1ncc(-c2nc3c(n2C(C)C)CN(c2cc(Cl)cn(C)c2=O)C3=O)c(OC)n1. The second kappa shape index (κ2) is 10.7. The maximum Gasteiger partial charge on any atom is 0.319 e. The van der Waals surface area contributed by atoms with Gasteiger partial charge in [0.1, 0.15) is 11.5 Å². The zero-order valence-electron chi connectivity index (χ0n) is 20.9. The number of allylic oxidation sites excluding steroid dienone is 2. The number of pyridine rings is 1. The first-order chi connectivity index (χ1) is 16.7. The average Bonchev–Trinajstić information content (AvgIpc) is 3.37. The lowest BCUT2D eigenvalue weighted by atomic mass is 10.2. The number of aromatic nitrogens is 5. The summed E-state index contributed by atoms with van der Waals surface area (Å²) in [5.41, 5.74) is 1.38. The van der Waals surface area contributed by atoms with E-state index in [2.05, 4.69) is 15.0 Å². The number of rotatable bonds is 5. The molecule has 10 nitrogen and oxygen atoms in total. The summed E-state index contributed by atoms with van der Waals surface area (Å²) in [7, 11) is 4.54. The molecule has 0 atom stereocenters. The molecule has 1 aliphatic heterocycles. The second-order valence-corrected chi connectivity index (χ2v) is 8.43. The van der Waals surface area contributed by atoms with Gasteiger partial charge in [-0.3, -0.25) is 14.5 Å². The summed E-state index contributed by atoms with van der Waals surface area (Å²) in [6, 6.07) is 1.62. The van der Waals surface area contributed by atoms with Crippen LogP contribution in [0.25, 0.3) is 11.4 Å². The molecular formula is C24H29ClN6O4. The molecule has 1 amide bonds. The monoisotopic (exact) mass is 500 g/mol. The molecule has 0 fully saturated rings. The van der Waals surface area contributed by atoms with Crippen LogP contribution in [0.2, 0.25) is 5.02 Å². The van der Waals surface area contributed by atoms with Gasteiger partial charge in [-0.15, -0.1) is 0 Å². The quantitative estimate of drug-likeness (QED) is 0.487. The number of carbonyl (C=O) groups excluding carboxylic acids is 1. The van der Waals surface area contributed by atoms with Crippen LogP contribution in [0.4, 0.5) is 5.69 Å². The number of ether oxygens (including phenoxy) is 2. The molecule has 0 aliphatic carbocycles. The van der Waals surface area contributed by atoms with E-state index < -0.39 is 0 Å². The number of fused-ring (bicyclic) bond motifs is 1. The van der Waals surface area contributed by atoms with Crippen molar-refractivity contribution in [3.8, 4) is 23.3 Å². The minimum atomic E-state index is -0.372. The van der Waals surface area contributed by atoms with Gasteiger partial charge in [0.05, 0.1) is 37.0 Å². The molecule has 0 aromatic carbocycles. The number of carbonyl (C=O) groups is 1. The number of anilines is 1.